The third-order valence-corrected chi connectivity index (χ3v) is 5.01. The van der Waals surface area contributed by atoms with Crippen LogP contribution in [0.5, 0.6) is 0 Å². The summed E-state index contributed by atoms with van der Waals surface area (Å²) in [6.07, 6.45) is 1.61. The smallest absolute Gasteiger partial charge is 0.123 e. The van der Waals surface area contributed by atoms with Gasteiger partial charge in [0.05, 0.1) is 11.2 Å². The lowest BCUT2D eigenvalue weighted by Gasteiger charge is -2.23. The summed E-state index contributed by atoms with van der Waals surface area (Å²) in [5, 5.41) is 3.03. The molecule has 0 aliphatic heterocycles. The number of hydrogen-bond acceptors (Lipinski definition) is 3. The first-order chi connectivity index (χ1) is 9.30. The molecule has 1 aliphatic carbocycles. The van der Waals surface area contributed by atoms with Crippen LogP contribution in [0.1, 0.15) is 49.0 Å². The normalized spacial score (nSPS) is 22.1. The van der Waals surface area contributed by atoms with E-state index in [0.29, 0.717) is 0 Å². The van der Waals surface area contributed by atoms with E-state index >= 15 is 0 Å². The van der Waals surface area contributed by atoms with Crippen LogP contribution in [-0.2, 0) is 17.4 Å². The minimum Gasteiger partial charge on any atom is -0.316 e. The Morgan fingerprint density at radius 2 is 2.10 bits per heavy atom. The fourth-order valence-corrected chi connectivity index (χ4v) is 3.92. The highest BCUT2D eigenvalue weighted by Crippen LogP contribution is 2.42. The molecular formula is C16H19FN2S. The van der Waals surface area contributed by atoms with Crippen LogP contribution in [0.25, 0.3) is 0 Å². The Morgan fingerprint density at radius 1 is 1.35 bits per heavy atom. The molecule has 0 fully saturated rings. The number of fused-ring (bicyclic) bond motifs is 1. The average molecular weight is 290 g/mol. The lowest BCUT2D eigenvalue weighted by molar-refractivity contribution is 0.517. The second-order valence-corrected chi connectivity index (χ2v) is 7.42. The van der Waals surface area contributed by atoms with Crippen molar-refractivity contribution in [2.45, 2.75) is 44.6 Å². The van der Waals surface area contributed by atoms with Crippen molar-refractivity contribution in [3.63, 3.8) is 0 Å². The molecule has 1 aromatic heterocycles. The second-order valence-electron chi connectivity index (χ2n) is 6.56. The summed E-state index contributed by atoms with van der Waals surface area (Å²) in [5.41, 5.74) is 9.19. The van der Waals surface area contributed by atoms with Gasteiger partial charge in [-0.3, -0.25) is 0 Å². The third kappa shape index (κ3) is 2.07. The van der Waals surface area contributed by atoms with Crippen LogP contribution in [0.4, 0.5) is 4.39 Å². The highest BCUT2D eigenvalue weighted by Gasteiger charge is 2.39. The quantitative estimate of drug-likeness (QED) is 0.869. The highest BCUT2D eigenvalue weighted by atomic mass is 32.1. The van der Waals surface area contributed by atoms with E-state index in [-0.39, 0.29) is 11.2 Å². The number of rotatable bonds is 1. The van der Waals surface area contributed by atoms with Gasteiger partial charge in [-0.15, -0.1) is 11.3 Å². The van der Waals surface area contributed by atoms with Crippen molar-refractivity contribution in [3.05, 3.63) is 51.2 Å². The first-order valence-corrected chi connectivity index (χ1v) is 7.73. The van der Waals surface area contributed by atoms with Gasteiger partial charge in [0.15, 0.2) is 0 Å². The molecular weight excluding hydrogens is 271 g/mol. The van der Waals surface area contributed by atoms with Crippen LogP contribution in [-0.4, -0.2) is 4.98 Å². The van der Waals surface area contributed by atoms with Gasteiger partial charge in [-0.05, 0) is 36.1 Å². The van der Waals surface area contributed by atoms with Crippen molar-refractivity contribution in [2.24, 2.45) is 5.73 Å². The van der Waals surface area contributed by atoms with Gasteiger partial charge >= 0.3 is 0 Å². The average Bonchev–Trinajstić information content (AvgIpc) is 2.95. The Balaban J connectivity index is 2.05. The molecule has 106 valence electrons. The molecule has 1 aliphatic rings. The Bertz CT molecular complexity index is 657. The Labute approximate surface area is 122 Å². The van der Waals surface area contributed by atoms with Crippen LogP contribution in [0.3, 0.4) is 0 Å². The van der Waals surface area contributed by atoms with Crippen LogP contribution >= 0.6 is 11.3 Å². The topological polar surface area (TPSA) is 38.9 Å². The van der Waals surface area contributed by atoms with Crippen LogP contribution in [0.15, 0.2) is 23.6 Å². The number of benzene rings is 1. The van der Waals surface area contributed by atoms with Gasteiger partial charge in [0.25, 0.3) is 0 Å². The van der Waals surface area contributed by atoms with Crippen molar-refractivity contribution in [1.29, 1.82) is 0 Å². The van der Waals surface area contributed by atoms with Gasteiger partial charge in [0.2, 0.25) is 0 Å². The minimum atomic E-state index is -0.558. The Hall–Kier alpha value is -1.26. The molecule has 2 nitrogen and oxygen atoms in total. The summed E-state index contributed by atoms with van der Waals surface area (Å²) in [7, 11) is 0. The van der Waals surface area contributed by atoms with Crippen LogP contribution in [0.2, 0.25) is 0 Å². The molecule has 20 heavy (non-hydrogen) atoms. The summed E-state index contributed by atoms with van der Waals surface area (Å²) in [5.74, 6) is -0.192. The molecule has 1 atom stereocenters. The fraction of sp³-hybridized carbons (Fsp3) is 0.438. The number of aryl methyl sites for hydroxylation is 1. The molecule has 0 bridgehead atoms. The number of halogens is 1. The molecule has 0 amide bonds. The zero-order valence-electron chi connectivity index (χ0n) is 12.0. The summed E-state index contributed by atoms with van der Waals surface area (Å²) in [6.45, 7) is 6.44. The number of nitrogens with two attached hydrogens (primary N) is 1. The summed E-state index contributed by atoms with van der Waals surface area (Å²) >= 11 is 1.61. The standard InChI is InChI=1S/C16H19FN2S/c1-15(2,3)13-9-20-14(19-13)16(18)7-6-10-8-11(17)4-5-12(10)16/h4-5,8-9H,6-7,18H2,1-3H3. The van der Waals surface area contributed by atoms with Gasteiger partial charge in [0.1, 0.15) is 10.8 Å². The summed E-state index contributed by atoms with van der Waals surface area (Å²) in [4.78, 5) is 4.76. The maximum Gasteiger partial charge on any atom is 0.123 e. The maximum atomic E-state index is 13.3. The first kappa shape index (κ1) is 13.7. The van der Waals surface area contributed by atoms with E-state index in [1.807, 2.05) is 6.07 Å². The second kappa shape index (κ2) is 4.37. The number of thiazole rings is 1. The molecule has 1 aromatic carbocycles. The zero-order valence-corrected chi connectivity index (χ0v) is 12.9. The van der Waals surface area contributed by atoms with Crippen LogP contribution < -0.4 is 5.73 Å². The largest absolute Gasteiger partial charge is 0.316 e. The molecule has 2 N–H and O–H groups in total. The Kier molecular flexibility index (Phi) is 2.99. The van der Waals surface area contributed by atoms with Gasteiger partial charge in [-0.1, -0.05) is 26.8 Å². The van der Waals surface area contributed by atoms with E-state index in [0.717, 1.165) is 34.7 Å². The zero-order chi connectivity index (χ0) is 14.5. The molecule has 4 heteroatoms. The predicted molar refractivity (Wildman–Crippen MR) is 80.5 cm³/mol. The first-order valence-electron chi connectivity index (χ1n) is 6.85. The van der Waals surface area contributed by atoms with E-state index in [1.165, 1.54) is 6.07 Å². The molecule has 1 heterocycles. The predicted octanol–water partition coefficient (Wildman–Crippen LogP) is 3.73. The third-order valence-electron chi connectivity index (χ3n) is 3.99. The molecule has 0 radical (unpaired) electrons. The number of hydrogen-bond donors (Lipinski definition) is 1. The lowest BCUT2D eigenvalue weighted by atomic mass is 9.91. The van der Waals surface area contributed by atoms with E-state index in [4.69, 9.17) is 10.7 Å². The number of nitrogens with zero attached hydrogens (tertiary/aromatic N) is 1. The monoisotopic (exact) mass is 290 g/mol. The van der Waals surface area contributed by atoms with E-state index in [1.54, 1.807) is 17.4 Å². The Morgan fingerprint density at radius 3 is 2.75 bits per heavy atom. The maximum absolute atomic E-state index is 13.3. The molecule has 0 saturated heterocycles. The SMILES string of the molecule is CC(C)(C)c1csc(C2(N)CCc3cc(F)ccc32)n1. The molecule has 3 rings (SSSR count). The van der Waals surface area contributed by atoms with Gasteiger partial charge in [0, 0.05) is 10.8 Å². The van der Waals surface area contributed by atoms with E-state index in [9.17, 15) is 4.39 Å². The van der Waals surface area contributed by atoms with Crippen molar-refractivity contribution in [2.75, 3.05) is 0 Å². The van der Waals surface area contributed by atoms with Crippen molar-refractivity contribution in [3.8, 4) is 0 Å². The summed E-state index contributed by atoms with van der Waals surface area (Å²) < 4.78 is 13.3. The van der Waals surface area contributed by atoms with Crippen molar-refractivity contribution in [1.82, 2.24) is 4.98 Å². The molecule has 1 unspecified atom stereocenters. The molecule has 2 aromatic rings. The minimum absolute atomic E-state index is 0.0232. The molecule has 0 spiro atoms. The molecule has 0 saturated carbocycles. The van der Waals surface area contributed by atoms with Crippen molar-refractivity contribution < 1.29 is 4.39 Å². The fourth-order valence-electron chi connectivity index (χ4n) is 2.72. The summed E-state index contributed by atoms with van der Waals surface area (Å²) in [6, 6.07) is 4.90. The number of aromatic nitrogens is 1. The van der Waals surface area contributed by atoms with Crippen LogP contribution in [0, 0.1) is 5.82 Å². The highest BCUT2D eigenvalue weighted by molar-refractivity contribution is 7.09. The lowest BCUT2D eigenvalue weighted by Crippen LogP contribution is -2.35. The van der Waals surface area contributed by atoms with E-state index in [2.05, 4.69) is 26.2 Å². The van der Waals surface area contributed by atoms with E-state index < -0.39 is 5.54 Å². The van der Waals surface area contributed by atoms with Gasteiger partial charge in [-0.25, -0.2) is 9.37 Å². The van der Waals surface area contributed by atoms with Crippen molar-refractivity contribution >= 4 is 11.3 Å². The van der Waals surface area contributed by atoms with Gasteiger partial charge in [-0.2, -0.15) is 0 Å². The van der Waals surface area contributed by atoms with Gasteiger partial charge < -0.3 is 5.73 Å².